The van der Waals surface area contributed by atoms with Gasteiger partial charge in [-0.05, 0) is 37.4 Å². The molecule has 0 amide bonds. The van der Waals surface area contributed by atoms with E-state index in [0.717, 1.165) is 35.8 Å². The number of rotatable bonds is 3. The Morgan fingerprint density at radius 1 is 1.59 bits per heavy atom. The number of hydrogen-bond acceptors (Lipinski definition) is 3. The van der Waals surface area contributed by atoms with Crippen LogP contribution < -0.4 is 10.1 Å². The maximum absolute atomic E-state index is 10.3. The van der Waals surface area contributed by atoms with Crippen LogP contribution in [0.3, 0.4) is 0 Å². The molecule has 2 rings (SSSR count). The first-order valence-electron chi connectivity index (χ1n) is 6.00. The lowest BCUT2D eigenvalue weighted by atomic mass is 9.99. The molecule has 0 bridgehead atoms. The Hall–Kier alpha value is -0.740. The van der Waals surface area contributed by atoms with E-state index in [1.165, 1.54) is 5.56 Å². The first-order chi connectivity index (χ1) is 8.19. The first kappa shape index (κ1) is 12.7. The highest BCUT2D eigenvalue weighted by atomic mass is 79.9. The highest BCUT2D eigenvalue weighted by Gasteiger charge is 2.25. The zero-order valence-corrected chi connectivity index (χ0v) is 11.8. The number of hydrogen-bond donors (Lipinski definition) is 2. The monoisotopic (exact) mass is 299 g/mol. The fraction of sp³-hybridized carbons (Fsp3) is 0.538. The van der Waals surface area contributed by atoms with E-state index in [1.54, 1.807) is 7.11 Å². The predicted molar refractivity (Wildman–Crippen MR) is 71.7 cm³/mol. The fourth-order valence-electron chi connectivity index (χ4n) is 2.36. The van der Waals surface area contributed by atoms with Gasteiger partial charge >= 0.3 is 0 Å². The van der Waals surface area contributed by atoms with Crippen LogP contribution in [0.25, 0.3) is 0 Å². The highest BCUT2D eigenvalue weighted by molar-refractivity contribution is 9.10. The minimum Gasteiger partial charge on any atom is -0.504 e. The molecule has 1 aliphatic rings. The molecular formula is C13H18BrNO2. The van der Waals surface area contributed by atoms with Gasteiger partial charge in [-0.3, -0.25) is 0 Å². The van der Waals surface area contributed by atoms with Gasteiger partial charge in [0, 0.05) is 16.1 Å². The van der Waals surface area contributed by atoms with Gasteiger partial charge in [-0.15, -0.1) is 0 Å². The smallest absolute Gasteiger partial charge is 0.163 e. The molecular weight excluding hydrogens is 282 g/mol. The van der Waals surface area contributed by atoms with Crippen LogP contribution in [-0.4, -0.2) is 18.8 Å². The second-order valence-electron chi connectivity index (χ2n) is 4.32. The van der Waals surface area contributed by atoms with Crippen LogP contribution in [-0.2, 0) is 6.42 Å². The van der Waals surface area contributed by atoms with Gasteiger partial charge in [-0.1, -0.05) is 22.9 Å². The third-order valence-electron chi connectivity index (χ3n) is 3.32. The van der Waals surface area contributed by atoms with Gasteiger partial charge < -0.3 is 15.2 Å². The van der Waals surface area contributed by atoms with E-state index in [-0.39, 0.29) is 11.8 Å². The quantitative estimate of drug-likeness (QED) is 0.901. The van der Waals surface area contributed by atoms with Gasteiger partial charge in [0.1, 0.15) is 0 Å². The summed E-state index contributed by atoms with van der Waals surface area (Å²) in [6.07, 6.45) is 3.12. The molecule has 1 heterocycles. The molecule has 1 aromatic carbocycles. The van der Waals surface area contributed by atoms with Crippen molar-refractivity contribution in [1.29, 1.82) is 0 Å². The van der Waals surface area contributed by atoms with Crippen LogP contribution in [0.15, 0.2) is 10.5 Å². The summed E-state index contributed by atoms with van der Waals surface area (Å²) in [4.78, 5) is 0. The number of aromatic hydroxyl groups is 1. The van der Waals surface area contributed by atoms with Crippen molar-refractivity contribution in [3.63, 3.8) is 0 Å². The van der Waals surface area contributed by atoms with Gasteiger partial charge in [0.05, 0.1) is 7.11 Å². The number of ether oxygens (including phenoxy) is 1. The number of halogens is 1. The average Bonchev–Trinajstić information content (AvgIpc) is 2.83. The van der Waals surface area contributed by atoms with Gasteiger partial charge in [0.2, 0.25) is 0 Å². The summed E-state index contributed by atoms with van der Waals surface area (Å²) in [5.41, 5.74) is 2.11. The predicted octanol–water partition coefficient (Wildman–Crippen LogP) is 3.15. The van der Waals surface area contributed by atoms with Crippen molar-refractivity contribution >= 4 is 15.9 Å². The highest BCUT2D eigenvalue weighted by Crippen LogP contribution is 2.43. The van der Waals surface area contributed by atoms with Gasteiger partial charge in [0.15, 0.2) is 11.5 Å². The molecule has 0 aliphatic carbocycles. The van der Waals surface area contributed by atoms with Crippen LogP contribution in [0.2, 0.25) is 0 Å². The van der Waals surface area contributed by atoms with Crippen molar-refractivity contribution in [3.05, 3.63) is 21.7 Å². The van der Waals surface area contributed by atoms with Crippen molar-refractivity contribution in [3.8, 4) is 11.5 Å². The van der Waals surface area contributed by atoms with E-state index in [9.17, 15) is 5.11 Å². The Kier molecular flexibility index (Phi) is 3.94. The minimum absolute atomic E-state index is 0.227. The molecule has 1 unspecified atom stereocenters. The molecule has 1 atom stereocenters. The molecule has 17 heavy (non-hydrogen) atoms. The molecule has 3 nitrogen and oxygen atoms in total. The number of nitrogens with one attached hydrogen (secondary N) is 1. The van der Waals surface area contributed by atoms with E-state index in [1.807, 2.05) is 6.07 Å². The third kappa shape index (κ3) is 2.29. The largest absolute Gasteiger partial charge is 0.504 e. The second kappa shape index (κ2) is 5.27. The van der Waals surface area contributed by atoms with Crippen LogP contribution in [0.5, 0.6) is 11.5 Å². The molecule has 2 N–H and O–H groups in total. The third-order valence-corrected chi connectivity index (χ3v) is 4.26. The van der Waals surface area contributed by atoms with Crippen molar-refractivity contribution in [1.82, 2.24) is 5.32 Å². The molecule has 1 fully saturated rings. The summed E-state index contributed by atoms with van der Waals surface area (Å²) in [6, 6.07) is 2.13. The Labute approximate surface area is 110 Å². The van der Waals surface area contributed by atoms with Crippen LogP contribution in [0.1, 0.15) is 36.9 Å². The second-order valence-corrected chi connectivity index (χ2v) is 5.11. The maximum Gasteiger partial charge on any atom is 0.163 e. The molecule has 1 saturated heterocycles. The summed E-state index contributed by atoms with van der Waals surface area (Å²) < 4.78 is 6.26. The van der Waals surface area contributed by atoms with Gasteiger partial charge in [0.25, 0.3) is 0 Å². The number of phenols is 1. The lowest BCUT2D eigenvalue weighted by Gasteiger charge is -2.19. The molecule has 94 valence electrons. The molecule has 4 heteroatoms. The lowest BCUT2D eigenvalue weighted by molar-refractivity contribution is 0.366. The molecule has 0 aromatic heterocycles. The maximum atomic E-state index is 10.3. The number of phenolic OH excluding ortho intramolecular Hbond substituents is 1. The Bertz CT molecular complexity index is 386. The Balaban J connectivity index is 2.53. The van der Waals surface area contributed by atoms with Crippen LogP contribution in [0, 0.1) is 0 Å². The Morgan fingerprint density at radius 3 is 2.88 bits per heavy atom. The van der Waals surface area contributed by atoms with Crippen molar-refractivity contribution in [2.24, 2.45) is 0 Å². The average molecular weight is 300 g/mol. The number of benzene rings is 1. The van der Waals surface area contributed by atoms with E-state index in [4.69, 9.17) is 4.74 Å². The number of aryl methyl sites for hydroxylation is 1. The molecule has 1 aromatic rings. The van der Waals surface area contributed by atoms with E-state index in [0.29, 0.717) is 5.75 Å². The summed E-state index contributed by atoms with van der Waals surface area (Å²) in [5, 5.41) is 13.7. The van der Waals surface area contributed by atoms with Crippen molar-refractivity contribution in [2.75, 3.05) is 13.7 Å². The van der Waals surface area contributed by atoms with Gasteiger partial charge in [-0.25, -0.2) is 0 Å². The van der Waals surface area contributed by atoms with E-state index < -0.39 is 0 Å². The van der Waals surface area contributed by atoms with Gasteiger partial charge in [-0.2, -0.15) is 0 Å². The van der Waals surface area contributed by atoms with Crippen molar-refractivity contribution < 1.29 is 9.84 Å². The molecule has 0 saturated carbocycles. The van der Waals surface area contributed by atoms with Crippen molar-refractivity contribution in [2.45, 2.75) is 32.2 Å². The zero-order chi connectivity index (χ0) is 12.4. The van der Waals surface area contributed by atoms with E-state index >= 15 is 0 Å². The molecule has 0 spiro atoms. The summed E-state index contributed by atoms with van der Waals surface area (Å²) in [6.45, 7) is 3.11. The SMILES string of the molecule is CCc1cc(OC)c(O)c(C2CCCN2)c1Br. The zero-order valence-electron chi connectivity index (χ0n) is 10.2. The summed E-state index contributed by atoms with van der Waals surface area (Å²) in [7, 11) is 1.59. The standard InChI is InChI=1S/C13H18BrNO2/c1-3-8-7-10(17-2)13(16)11(12(8)14)9-5-4-6-15-9/h7,9,15-16H,3-6H2,1-2H3. The molecule has 1 aliphatic heterocycles. The first-order valence-corrected chi connectivity index (χ1v) is 6.80. The van der Waals surface area contributed by atoms with Crippen LogP contribution >= 0.6 is 15.9 Å². The summed E-state index contributed by atoms with van der Waals surface area (Å²) >= 11 is 3.61. The topological polar surface area (TPSA) is 41.5 Å². The molecule has 0 radical (unpaired) electrons. The van der Waals surface area contributed by atoms with E-state index in [2.05, 4.69) is 28.2 Å². The van der Waals surface area contributed by atoms with Crippen LogP contribution in [0.4, 0.5) is 0 Å². The normalized spacial score (nSPS) is 19.6. The number of methoxy groups -OCH3 is 1. The summed E-state index contributed by atoms with van der Waals surface area (Å²) in [5.74, 6) is 0.824. The minimum atomic E-state index is 0.227. The lowest BCUT2D eigenvalue weighted by Crippen LogP contribution is -2.14. The Morgan fingerprint density at radius 2 is 2.35 bits per heavy atom. The fourth-order valence-corrected chi connectivity index (χ4v) is 3.22.